The summed E-state index contributed by atoms with van der Waals surface area (Å²) in [6.45, 7) is 0. The van der Waals surface area contributed by atoms with Gasteiger partial charge in [-0.3, -0.25) is 9.17 Å². The van der Waals surface area contributed by atoms with Gasteiger partial charge >= 0.3 is 9.17 Å². The van der Waals surface area contributed by atoms with E-state index in [1.165, 1.54) is 0 Å². The molecule has 0 saturated heterocycles. The lowest BCUT2D eigenvalue weighted by Gasteiger charge is -1.55. The van der Waals surface area contributed by atoms with E-state index >= 15 is 0 Å². The minimum Gasteiger partial charge on any atom is -0.511 e. The largest absolute Gasteiger partial charge is 0.761 e. The van der Waals surface area contributed by atoms with Crippen LogP contribution >= 0.6 is 0 Å². The Balaban J connectivity index is -0.0000000450. The Morgan fingerprint density at radius 1 is 1.33 bits per heavy atom. The summed E-state index contributed by atoms with van der Waals surface area (Å²) in [4.78, 5) is 14.3. The zero-order chi connectivity index (χ0) is 3.58. The standard InChI is InChI=1S/Al.FH.H2O3Si/c;;1-4(2)3/h;1H;1-2H. The second kappa shape index (κ2) is 8.91. The number of hydrogen-bond donors (Lipinski definition) is 2. The molecular weight excluding hydrogens is 122 g/mol. The molecule has 6 heteroatoms. The van der Waals surface area contributed by atoms with Gasteiger partial charge in [-0.05, 0) is 0 Å². The molecule has 0 bridgehead atoms. The Morgan fingerprint density at radius 3 is 1.33 bits per heavy atom. The summed E-state index contributed by atoms with van der Waals surface area (Å²) in [7, 11) is -3.13. The highest BCUT2D eigenvalue weighted by Gasteiger charge is 1.85. The molecule has 2 N–H and O–H groups in total. The molecule has 35 valence electrons. The molecule has 0 aromatic rings. The molecule has 0 aliphatic rings. The fraction of sp³-hybridized carbons (Fsp3) is 0. The zero-order valence-corrected chi connectivity index (χ0v) is 4.94. The van der Waals surface area contributed by atoms with Crippen LogP contribution in [0.4, 0.5) is 4.70 Å². The Hall–Kier alpha value is 0.0794. The van der Waals surface area contributed by atoms with Crippen LogP contribution in [0.1, 0.15) is 0 Å². The normalized spacial score (nSPS) is 4.00. The lowest BCUT2D eigenvalue weighted by molar-refractivity contribution is 0.330. The van der Waals surface area contributed by atoms with Crippen molar-refractivity contribution in [3.05, 3.63) is 0 Å². The van der Waals surface area contributed by atoms with Crippen molar-refractivity contribution in [1.82, 2.24) is 0 Å². The topological polar surface area (TPSA) is 57.5 Å². The van der Waals surface area contributed by atoms with Crippen LogP contribution < -0.4 is 0 Å². The average Bonchev–Trinajstić information content (AvgIpc) is 0.811. The van der Waals surface area contributed by atoms with Crippen molar-refractivity contribution in [2.45, 2.75) is 0 Å². The van der Waals surface area contributed by atoms with Crippen molar-refractivity contribution in [2.24, 2.45) is 0 Å². The van der Waals surface area contributed by atoms with Gasteiger partial charge in [0.2, 0.25) is 0 Å². The van der Waals surface area contributed by atoms with Crippen LogP contribution in [-0.4, -0.2) is 36.1 Å². The van der Waals surface area contributed by atoms with Crippen LogP contribution in [0.2, 0.25) is 0 Å². The van der Waals surface area contributed by atoms with Crippen molar-refractivity contribution in [3.63, 3.8) is 0 Å². The fourth-order valence-corrected chi connectivity index (χ4v) is 0. The van der Waals surface area contributed by atoms with E-state index in [0.717, 1.165) is 0 Å². The fourth-order valence-electron chi connectivity index (χ4n) is 0. The quantitative estimate of drug-likeness (QED) is 0.374. The Bertz CT molecular complexity index is 33.8. The molecular formula is H3AlFO3Si. The van der Waals surface area contributed by atoms with Crippen molar-refractivity contribution < 1.29 is 18.8 Å². The lowest BCUT2D eigenvalue weighted by atomic mass is 15.8. The highest BCUT2D eigenvalue weighted by Crippen LogP contribution is 1.27. The molecule has 0 aromatic heterocycles. The van der Waals surface area contributed by atoms with Gasteiger partial charge in [0.05, 0.1) is 0 Å². The maximum absolute atomic E-state index is 8.74. The molecule has 0 fully saturated rings. The van der Waals surface area contributed by atoms with Gasteiger partial charge in [-0.15, -0.1) is 0 Å². The Morgan fingerprint density at radius 2 is 1.33 bits per heavy atom. The minimum absolute atomic E-state index is 0. The Labute approximate surface area is 46.0 Å². The van der Waals surface area contributed by atoms with Crippen LogP contribution in [0.3, 0.4) is 0 Å². The van der Waals surface area contributed by atoms with E-state index < -0.39 is 9.17 Å². The smallest absolute Gasteiger partial charge is 0.511 e. The molecule has 3 nitrogen and oxygen atoms in total. The molecule has 0 unspecified atom stereocenters. The molecule has 0 rings (SSSR count). The van der Waals surface area contributed by atoms with Crippen molar-refractivity contribution in [1.29, 1.82) is 0 Å². The van der Waals surface area contributed by atoms with E-state index in [1.807, 2.05) is 0 Å². The first-order chi connectivity index (χ1) is 1.73. The third-order valence-electron chi connectivity index (χ3n) is 0. The van der Waals surface area contributed by atoms with E-state index in [2.05, 4.69) is 0 Å². The molecule has 0 aliphatic heterocycles. The van der Waals surface area contributed by atoms with Gasteiger partial charge < -0.3 is 9.59 Å². The highest BCUT2D eigenvalue weighted by molar-refractivity contribution is 6.22. The molecule has 6 heavy (non-hydrogen) atoms. The molecule has 0 aliphatic carbocycles. The summed E-state index contributed by atoms with van der Waals surface area (Å²) in [5.41, 5.74) is 0. The number of halogens is 1. The average molecular weight is 125 g/mol. The SMILES string of the molecule is F.O=[Si](O)O.[Al]. The first kappa shape index (κ1) is 16.5. The van der Waals surface area contributed by atoms with E-state index in [4.69, 9.17) is 14.1 Å². The first-order valence-electron chi connectivity index (χ1n) is 0.651. The summed E-state index contributed by atoms with van der Waals surface area (Å²) in [6, 6.07) is 0. The molecule has 0 saturated carbocycles. The van der Waals surface area contributed by atoms with Crippen molar-refractivity contribution in [3.8, 4) is 0 Å². The van der Waals surface area contributed by atoms with Crippen LogP contribution in [-0.2, 0) is 4.46 Å². The van der Waals surface area contributed by atoms with Gasteiger partial charge in [0.25, 0.3) is 0 Å². The third kappa shape index (κ3) is 6140. The van der Waals surface area contributed by atoms with Gasteiger partial charge in [0.1, 0.15) is 0 Å². The van der Waals surface area contributed by atoms with Gasteiger partial charge in [-0.1, -0.05) is 0 Å². The number of hydrogen-bond acceptors (Lipinski definition) is 1. The molecule has 0 amide bonds. The summed E-state index contributed by atoms with van der Waals surface area (Å²) >= 11 is 0. The van der Waals surface area contributed by atoms with E-state index in [0.29, 0.717) is 0 Å². The molecule has 0 heterocycles. The van der Waals surface area contributed by atoms with E-state index in [1.54, 1.807) is 0 Å². The second-order valence-electron chi connectivity index (χ2n) is 0.283. The monoisotopic (exact) mass is 125 g/mol. The lowest BCUT2D eigenvalue weighted by Crippen LogP contribution is -1.90. The second-order valence-corrected chi connectivity index (χ2v) is 0.848. The highest BCUT2D eigenvalue weighted by atomic mass is 28.3. The maximum Gasteiger partial charge on any atom is 0.761 e. The van der Waals surface area contributed by atoms with Gasteiger partial charge in [-0.25, -0.2) is 0 Å². The molecule has 0 spiro atoms. The number of rotatable bonds is 0. The van der Waals surface area contributed by atoms with Crippen LogP contribution in [0.15, 0.2) is 0 Å². The van der Waals surface area contributed by atoms with Crippen LogP contribution in [0, 0.1) is 0 Å². The molecule has 0 aromatic carbocycles. The first-order valence-corrected chi connectivity index (χ1v) is 1.95. The van der Waals surface area contributed by atoms with Crippen LogP contribution in [0.5, 0.6) is 0 Å². The van der Waals surface area contributed by atoms with Crippen LogP contribution in [0.25, 0.3) is 0 Å². The van der Waals surface area contributed by atoms with Crippen molar-refractivity contribution in [2.75, 3.05) is 0 Å². The summed E-state index contributed by atoms with van der Waals surface area (Å²) in [5.74, 6) is 0. The van der Waals surface area contributed by atoms with Gasteiger partial charge in [0.15, 0.2) is 0 Å². The summed E-state index contributed by atoms with van der Waals surface area (Å²) in [6.07, 6.45) is 0. The Kier molecular flexibility index (Phi) is 24.6. The van der Waals surface area contributed by atoms with Crippen molar-refractivity contribution >= 4 is 26.5 Å². The summed E-state index contributed by atoms with van der Waals surface area (Å²) < 4.78 is 8.74. The summed E-state index contributed by atoms with van der Waals surface area (Å²) in [5, 5.41) is 0. The van der Waals surface area contributed by atoms with E-state index in [9.17, 15) is 0 Å². The predicted molar refractivity (Wildman–Crippen MR) is 19.1 cm³/mol. The molecule has 3 radical (unpaired) electrons. The zero-order valence-electron chi connectivity index (χ0n) is 2.79. The van der Waals surface area contributed by atoms with Gasteiger partial charge in [0, 0.05) is 17.4 Å². The predicted octanol–water partition coefficient (Wildman–Crippen LogP) is -1.84. The van der Waals surface area contributed by atoms with Gasteiger partial charge in [-0.2, -0.15) is 0 Å². The molecule has 0 atom stereocenters. The third-order valence-corrected chi connectivity index (χ3v) is 0. The maximum atomic E-state index is 8.74. The minimum atomic E-state index is -3.13. The van der Waals surface area contributed by atoms with E-state index in [-0.39, 0.29) is 22.1 Å².